The minimum Gasteiger partial charge on any atom is -0.491 e. The van der Waals surface area contributed by atoms with Crippen molar-refractivity contribution in [3.05, 3.63) is 60.7 Å². The zero-order valence-corrected chi connectivity index (χ0v) is 18.2. The Morgan fingerprint density at radius 2 is 1.57 bits per heavy atom. The summed E-state index contributed by atoms with van der Waals surface area (Å²) in [6, 6.07) is 19.1. The Kier molecular flexibility index (Phi) is 10.9. The lowest BCUT2D eigenvalue weighted by Crippen LogP contribution is -2.49. The van der Waals surface area contributed by atoms with E-state index < -0.39 is 6.10 Å². The van der Waals surface area contributed by atoms with Crippen LogP contribution in [0.3, 0.4) is 0 Å². The smallest absolute Gasteiger partial charge is 0.213 e. The topological polar surface area (TPSA) is 56.2 Å². The van der Waals surface area contributed by atoms with E-state index in [0.717, 1.165) is 44.0 Å². The third-order valence-electron chi connectivity index (χ3n) is 4.98. The van der Waals surface area contributed by atoms with Gasteiger partial charge in [0.2, 0.25) is 6.41 Å². The highest BCUT2D eigenvalue weighted by atomic mass is 16.5. The Balaban J connectivity index is 0.000000269. The van der Waals surface area contributed by atoms with Gasteiger partial charge in [0.1, 0.15) is 18.5 Å². The molecule has 2 aromatic carbocycles. The summed E-state index contributed by atoms with van der Waals surface area (Å²) in [7, 11) is 1.72. The van der Waals surface area contributed by atoms with Gasteiger partial charge >= 0.3 is 0 Å². The molecule has 2 aromatic rings. The fourth-order valence-electron chi connectivity index (χ4n) is 3.30. The largest absolute Gasteiger partial charge is 0.491 e. The highest BCUT2D eigenvalue weighted by Gasteiger charge is 2.18. The molecule has 1 saturated heterocycles. The number of amides is 1. The molecule has 1 unspecified atom stereocenters. The van der Waals surface area contributed by atoms with Gasteiger partial charge in [0.25, 0.3) is 0 Å². The number of carbonyl (C=O) groups excluding carboxylic acids is 1. The minimum absolute atomic E-state index is 0.360. The molecule has 1 N–H and O–H groups in total. The molecule has 1 aliphatic heterocycles. The Bertz CT molecular complexity index is 691. The molecule has 0 aliphatic carbocycles. The summed E-state index contributed by atoms with van der Waals surface area (Å²) in [5.41, 5.74) is 0.914. The first kappa shape index (κ1) is 23.9. The second kappa shape index (κ2) is 13.7. The van der Waals surface area contributed by atoms with Crippen LogP contribution in [0.4, 0.5) is 5.69 Å². The quantitative estimate of drug-likeness (QED) is 0.641. The van der Waals surface area contributed by atoms with Gasteiger partial charge in [-0.3, -0.25) is 9.69 Å². The van der Waals surface area contributed by atoms with Crippen molar-refractivity contribution in [1.82, 2.24) is 9.80 Å². The van der Waals surface area contributed by atoms with Crippen molar-refractivity contribution in [3.8, 4) is 5.75 Å². The summed E-state index contributed by atoms with van der Waals surface area (Å²) in [6.07, 6.45) is 1.58. The molecule has 1 fully saturated rings. The lowest BCUT2D eigenvalue weighted by molar-refractivity contribution is -0.107. The molecule has 1 amide bonds. The van der Waals surface area contributed by atoms with Crippen LogP contribution in [0.25, 0.3) is 0 Å². The van der Waals surface area contributed by atoms with Crippen LogP contribution in [0.5, 0.6) is 5.75 Å². The first-order chi connectivity index (χ1) is 14.6. The van der Waals surface area contributed by atoms with Gasteiger partial charge in [-0.2, -0.15) is 0 Å². The van der Waals surface area contributed by atoms with E-state index in [0.29, 0.717) is 13.2 Å². The lowest BCUT2D eigenvalue weighted by atomic mass is 10.2. The molecule has 1 heterocycles. The third kappa shape index (κ3) is 8.95. The van der Waals surface area contributed by atoms with Gasteiger partial charge in [0.15, 0.2) is 0 Å². The van der Waals surface area contributed by atoms with E-state index in [2.05, 4.69) is 16.7 Å². The maximum absolute atomic E-state index is 10.2. The van der Waals surface area contributed by atoms with Crippen molar-refractivity contribution in [2.24, 2.45) is 0 Å². The van der Waals surface area contributed by atoms with Crippen LogP contribution in [-0.2, 0) is 4.79 Å². The molecule has 164 valence electrons. The molecule has 0 radical (unpaired) electrons. The maximum atomic E-state index is 10.2. The highest BCUT2D eigenvalue weighted by Crippen LogP contribution is 2.10. The molecule has 0 bridgehead atoms. The number of para-hydroxylation sites is 2. The van der Waals surface area contributed by atoms with Crippen LogP contribution in [0, 0.1) is 0 Å². The average Bonchev–Trinajstić information content (AvgIpc) is 2.80. The SMILES string of the molecule is CCCN1CCN(CC(O)COc2ccccc2)CC1.CN(C=O)c1ccccc1. The molecule has 0 saturated carbocycles. The van der Waals surface area contributed by atoms with E-state index in [4.69, 9.17) is 4.74 Å². The summed E-state index contributed by atoms with van der Waals surface area (Å²) in [4.78, 5) is 16.6. The van der Waals surface area contributed by atoms with E-state index in [9.17, 15) is 9.90 Å². The highest BCUT2D eigenvalue weighted by molar-refractivity contribution is 5.73. The van der Waals surface area contributed by atoms with Crippen molar-refractivity contribution in [3.63, 3.8) is 0 Å². The molecule has 3 rings (SSSR count). The second-order valence-electron chi connectivity index (χ2n) is 7.47. The van der Waals surface area contributed by atoms with Crippen LogP contribution in [0.2, 0.25) is 0 Å². The van der Waals surface area contributed by atoms with Crippen molar-refractivity contribution < 1.29 is 14.6 Å². The first-order valence-corrected chi connectivity index (χ1v) is 10.7. The van der Waals surface area contributed by atoms with Crippen molar-refractivity contribution in [2.75, 3.05) is 57.8 Å². The summed E-state index contributed by atoms with van der Waals surface area (Å²) in [6.45, 7) is 8.78. The number of hydrogen-bond donors (Lipinski definition) is 1. The van der Waals surface area contributed by atoms with Crippen LogP contribution < -0.4 is 9.64 Å². The number of rotatable bonds is 9. The normalized spacial score (nSPS) is 15.6. The van der Waals surface area contributed by atoms with Gasteiger partial charge in [-0.05, 0) is 37.2 Å². The van der Waals surface area contributed by atoms with E-state index in [1.54, 1.807) is 7.05 Å². The van der Waals surface area contributed by atoms with Crippen molar-refractivity contribution in [2.45, 2.75) is 19.4 Å². The molecule has 30 heavy (non-hydrogen) atoms. The number of ether oxygens (including phenoxy) is 1. The number of anilines is 1. The maximum Gasteiger partial charge on any atom is 0.213 e. The molecule has 6 nitrogen and oxygen atoms in total. The minimum atomic E-state index is -0.423. The standard InChI is InChI=1S/C16H26N2O2.C8H9NO/c1-2-8-17-9-11-18(12-10-17)13-15(19)14-20-16-6-4-3-5-7-16;1-9(7-10)8-5-3-2-4-6-8/h3-7,15,19H,2,8-14H2,1H3;2-7H,1H3. The summed E-state index contributed by atoms with van der Waals surface area (Å²) < 4.78 is 5.58. The van der Waals surface area contributed by atoms with Crippen molar-refractivity contribution >= 4 is 12.1 Å². The van der Waals surface area contributed by atoms with E-state index in [-0.39, 0.29) is 0 Å². The molecule has 1 aliphatic rings. The monoisotopic (exact) mass is 413 g/mol. The van der Waals surface area contributed by atoms with Crippen LogP contribution in [-0.4, -0.2) is 80.3 Å². The number of hydrogen-bond acceptors (Lipinski definition) is 5. The Hall–Kier alpha value is -2.41. The Morgan fingerprint density at radius 3 is 2.13 bits per heavy atom. The zero-order chi connectivity index (χ0) is 21.6. The summed E-state index contributed by atoms with van der Waals surface area (Å²) in [5.74, 6) is 0.819. The predicted octanol–water partition coefficient (Wildman–Crippen LogP) is 2.73. The molecule has 0 spiro atoms. The number of carbonyl (C=O) groups is 1. The molecule has 1 atom stereocenters. The van der Waals surface area contributed by atoms with E-state index >= 15 is 0 Å². The fourth-order valence-corrected chi connectivity index (χ4v) is 3.30. The summed E-state index contributed by atoms with van der Waals surface area (Å²) in [5, 5.41) is 10.1. The van der Waals surface area contributed by atoms with Gasteiger partial charge in [-0.1, -0.05) is 43.3 Å². The first-order valence-electron chi connectivity index (χ1n) is 10.7. The molecule has 0 aromatic heterocycles. The van der Waals surface area contributed by atoms with Crippen molar-refractivity contribution in [1.29, 1.82) is 0 Å². The van der Waals surface area contributed by atoms with Gasteiger partial charge < -0.3 is 19.6 Å². The number of benzene rings is 2. The van der Waals surface area contributed by atoms with E-state index in [1.807, 2.05) is 60.7 Å². The third-order valence-corrected chi connectivity index (χ3v) is 4.98. The number of aliphatic hydroxyl groups excluding tert-OH is 1. The number of aliphatic hydroxyl groups is 1. The number of piperazine rings is 1. The van der Waals surface area contributed by atoms with Gasteiger partial charge in [-0.15, -0.1) is 0 Å². The fraction of sp³-hybridized carbons (Fsp3) is 0.458. The predicted molar refractivity (Wildman–Crippen MR) is 122 cm³/mol. The van der Waals surface area contributed by atoms with Crippen LogP contribution >= 0.6 is 0 Å². The second-order valence-corrected chi connectivity index (χ2v) is 7.47. The number of β-amino-alcohol motifs (C(OH)–C–C–N with tert-alkyl or cyclic N) is 1. The molecule has 6 heteroatoms. The Labute approximate surface area is 180 Å². The molecular weight excluding hydrogens is 378 g/mol. The summed E-state index contributed by atoms with van der Waals surface area (Å²) >= 11 is 0. The van der Waals surface area contributed by atoms with Gasteiger partial charge in [0.05, 0.1) is 0 Å². The Morgan fingerprint density at radius 1 is 1.00 bits per heavy atom. The zero-order valence-electron chi connectivity index (χ0n) is 18.2. The number of nitrogens with zero attached hydrogens (tertiary/aromatic N) is 3. The van der Waals surface area contributed by atoms with E-state index in [1.165, 1.54) is 17.9 Å². The van der Waals surface area contributed by atoms with Crippen LogP contribution in [0.1, 0.15) is 13.3 Å². The van der Waals surface area contributed by atoms with Crippen LogP contribution in [0.15, 0.2) is 60.7 Å². The van der Waals surface area contributed by atoms with Gasteiger partial charge in [-0.25, -0.2) is 0 Å². The van der Waals surface area contributed by atoms with Gasteiger partial charge in [0, 0.05) is 45.5 Å². The molecular formula is C24H35N3O3. The lowest BCUT2D eigenvalue weighted by Gasteiger charge is -2.35. The average molecular weight is 414 g/mol.